The van der Waals surface area contributed by atoms with Crippen LogP contribution in [-0.2, 0) is 0 Å². The van der Waals surface area contributed by atoms with Gasteiger partial charge in [0.25, 0.3) is 0 Å². The lowest BCUT2D eigenvalue weighted by Gasteiger charge is -2.40. The molecule has 6 nitrogen and oxygen atoms in total. The summed E-state index contributed by atoms with van der Waals surface area (Å²) in [6.45, 7) is 4.16. The molecule has 0 aromatic heterocycles. The Balaban J connectivity index is 2.16. The van der Waals surface area contributed by atoms with Crippen LogP contribution >= 0.6 is 0 Å². The summed E-state index contributed by atoms with van der Waals surface area (Å²) < 4.78 is 5.44. The van der Waals surface area contributed by atoms with Gasteiger partial charge >= 0.3 is 5.69 Å². The van der Waals surface area contributed by atoms with E-state index in [1.807, 2.05) is 6.92 Å². The molecule has 1 N–H and O–H groups in total. The number of nitrogens with zero attached hydrogens (tertiary/aromatic N) is 2. The van der Waals surface area contributed by atoms with Gasteiger partial charge in [0.15, 0.2) is 5.75 Å². The molecule has 0 radical (unpaired) electrons. The molecule has 1 aromatic carbocycles. The van der Waals surface area contributed by atoms with E-state index in [0.29, 0.717) is 18.3 Å². The van der Waals surface area contributed by atoms with E-state index in [9.17, 15) is 10.1 Å². The van der Waals surface area contributed by atoms with Gasteiger partial charge in [0.2, 0.25) is 0 Å². The third-order valence-corrected chi connectivity index (χ3v) is 3.18. The highest BCUT2D eigenvalue weighted by molar-refractivity contribution is 5.60. The molecule has 0 bridgehead atoms. The summed E-state index contributed by atoms with van der Waals surface area (Å²) in [5.74, 6) is 0.618. The molecular weight excluding hydrogens is 248 g/mol. The lowest BCUT2D eigenvalue weighted by molar-refractivity contribution is -0.385. The fourth-order valence-electron chi connectivity index (χ4n) is 2.07. The normalized spacial score (nSPS) is 15.2. The quantitative estimate of drug-likeness (QED) is 0.627. The molecule has 1 fully saturated rings. The summed E-state index contributed by atoms with van der Waals surface area (Å²) in [6, 6.07) is 4.92. The third kappa shape index (κ3) is 2.96. The molecule has 0 atom stereocenters. The van der Waals surface area contributed by atoms with E-state index in [1.54, 1.807) is 12.1 Å². The Morgan fingerprint density at radius 2 is 2.26 bits per heavy atom. The second-order valence-electron chi connectivity index (χ2n) is 4.71. The van der Waals surface area contributed by atoms with Crippen LogP contribution in [0.2, 0.25) is 0 Å². The van der Waals surface area contributed by atoms with Crippen molar-refractivity contribution < 1.29 is 14.8 Å². The van der Waals surface area contributed by atoms with Crippen molar-refractivity contribution in [3.63, 3.8) is 0 Å². The molecule has 104 valence electrons. The Morgan fingerprint density at radius 1 is 1.53 bits per heavy atom. The minimum Gasteiger partial charge on any atom is -0.487 e. The lowest BCUT2D eigenvalue weighted by atomic mass is 10.0. The molecule has 1 aliphatic rings. The topological polar surface area (TPSA) is 75.8 Å². The maximum Gasteiger partial charge on any atom is 0.311 e. The van der Waals surface area contributed by atoms with Crippen LogP contribution in [0.25, 0.3) is 0 Å². The van der Waals surface area contributed by atoms with Crippen LogP contribution in [0.5, 0.6) is 5.75 Å². The van der Waals surface area contributed by atoms with Crippen LogP contribution in [0.4, 0.5) is 11.4 Å². The van der Waals surface area contributed by atoms with Crippen LogP contribution in [-0.4, -0.2) is 36.3 Å². The number of hydrogen-bond acceptors (Lipinski definition) is 5. The van der Waals surface area contributed by atoms with Gasteiger partial charge in [-0.3, -0.25) is 10.1 Å². The van der Waals surface area contributed by atoms with Gasteiger partial charge in [0.1, 0.15) is 0 Å². The van der Waals surface area contributed by atoms with E-state index >= 15 is 0 Å². The van der Waals surface area contributed by atoms with Crippen LogP contribution in [0.15, 0.2) is 18.2 Å². The Hall–Kier alpha value is -1.82. The van der Waals surface area contributed by atoms with Gasteiger partial charge in [-0.15, -0.1) is 0 Å². The van der Waals surface area contributed by atoms with Gasteiger partial charge in [-0.05, 0) is 12.5 Å². The highest BCUT2D eigenvalue weighted by Crippen LogP contribution is 2.34. The first-order valence-electron chi connectivity index (χ1n) is 6.42. The van der Waals surface area contributed by atoms with E-state index < -0.39 is 4.92 Å². The van der Waals surface area contributed by atoms with Crippen molar-refractivity contribution in [1.82, 2.24) is 0 Å². The Morgan fingerprint density at radius 3 is 2.84 bits per heavy atom. The van der Waals surface area contributed by atoms with Crippen molar-refractivity contribution in [2.75, 3.05) is 31.2 Å². The highest BCUT2D eigenvalue weighted by Gasteiger charge is 2.27. The first-order valence-corrected chi connectivity index (χ1v) is 6.42. The summed E-state index contributed by atoms with van der Waals surface area (Å²) in [4.78, 5) is 12.6. The lowest BCUT2D eigenvalue weighted by Crippen LogP contribution is -2.48. The van der Waals surface area contributed by atoms with E-state index in [1.165, 1.54) is 6.07 Å². The highest BCUT2D eigenvalue weighted by atomic mass is 16.6. The number of anilines is 1. The second kappa shape index (κ2) is 5.88. The number of aliphatic hydroxyl groups is 1. The first-order chi connectivity index (χ1) is 9.15. The largest absolute Gasteiger partial charge is 0.487 e. The predicted octanol–water partition coefficient (Wildman–Crippen LogP) is 1.81. The Bertz CT molecular complexity index is 458. The van der Waals surface area contributed by atoms with E-state index in [-0.39, 0.29) is 12.3 Å². The Labute approximate surface area is 111 Å². The SMILES string of the molecule is CCCOc1cc(N2CC(CO)C2)ccc1[N+](=O)[O-]. The smallest absolute Gasteiger partial charge is 0.311 e. The monoisotopic (exact) mass is 266 g/mol. The van der Waals surface area contributed by atoms with Crippen molar-refractivity contribution in [3.05, 3.63) is 28.3 Å². The molecule has 1 heterocycles. The van der Waals surface area contributed by atoms with Gasteiger partial charge in [-0.1, -0.05) is 6.92 Å². The zero-order valence-electron chi connectivity index (χ0n) is 10.9. The third-order valence-electron chi connectivity index (χ3n) is 3.18. The molecule has 19 heavy (non-hydrogen) atoms. The summed E-state index contributed by atoms with van der Waals surface area (Å²) in [6.07, 6.45) is 0.803. The molecule has 0 aliphatic carbocycles. The molecule has 0 spiro atoms. The average molecular weight is 266 g/mol. The van der Waals surface area contributed by atoms with Gasteiger partial charge < -0.3 is 14.7 Å². The molecule has 0 amide bonds. The van der Waals surface area contributed by atoms with Crippen molar-refractivity contribution in [2.45, 2.75) is 13.3 Å². The number of rotatable bonds is 6. The fraction of sp³-hybridized carbons (Fsp3) is 0.538. The van der Waals surface area contributed by atoms with E-state index in [4.69, 9.17) is 9.84 Å². The minimum atomic E-state index is -0.429. The molecule has 0 unspecified atom stereocenters. The number of aliphatic hydroxyl groups excluding tert-OH is 1. The van der Waals surface area contributed by atoms with Crippen LogP contribution in [0.3, 0.4) is 0 Å². The van der Waals surface area contributed by atoms with Gasteiger partial charge in [-0.25, -0.2) is 0 Å². The van der Waals surface area contributed by atoms with E-state index in [2.05, 4.69) is 4.90 Å². The zero-order valence-corrected chi connectivity index (χ0v) is 10.9. The summed E-state index contributed by atoms with van der Waals surface area (Å²) >= 11 is 0. The maximum absolute atomic E-state index is 10.9. The maximum atomic E-state index is 10.9. The molecule has 1 aromatic rings. The van der Waals surface area contributed by atoms with Crippen molar-refractivity contribution in [3.8, 4) is 5.75 Å². The zero-order chi connectivity index (χ0) is 13.8. The van der Waals surface area contributed by atoms with E-state index in [0.717, 1.165) is 25.2 Å². The number of nitro groups is 1. The number of benzene rings is 1. The fourth-order valence-corrected chi connectivity index (χ4v) is 2.07. The molecule has 0 saturated carbocycles. The number of ether oxygens (including phenoxy) is 1. The standard InChI is InChI=1S/C13H18N2O4/c1-2-5-19-13-6-11(3-4-12(13)15(17)18)14-7-10(8-14)9-16/h3-4,6,10,16H,2,5,7-9H2,1H3. The molecule has 6 heteroatoms. The molecule has 1 aliphatic heterocycles. The number of nitro benzene ring substituents is 1. The molecule has 2 rings (SSSR count). The molecular formula is C13H18N2O4. The predicted molar refractivity (Wildman–Crippen MR) is 71.7 cm³/mol. The summed E-state index contributed by atoms with van der Waals surface area (Å²) in [5.41, 5.74) is 0.901. The van der Waals surface area contributed by atoms with Gasteiger partial charge in [0, 0.05) is 43.4 Å². The van der Waals surface area contributed by atoms with Crippen LogP contribution in [0.1, 0.15) is 13.3 Å². The minimum absolute atomic E-state index is 0.00330. The molecule has 1 saturated heterocycles. The number of hydrogen-bond donors (Lipinski definition) is 1. The second-order valence-corrected chi connectivity index (χ2v) is 4.71. The van der Waals surface area contributed by atoms with Gasteiger partial charge in [0.05, 0.1) is 11.5 Å². The van der Waals surface area contributed by atoms with Gasteiger partial charge in [-0.2, -0.15) is 0 Å². The van der Waals surface area contributed by atoms with Crippen molar-refractivity contribution >= 4 is 11.4 Å². The van der Waals surface area contributed by atoms with Crippen molar-refractivity contribution in [2.24, 2.45) is 5.92 Å². The summed E-state index contributed by atoms with van der Waals surface area (Å²) in [5, 5.41) is 19.9. The average Bonchev–Trinajstić information content (AvgIpc) is 2.35. The van der Waals surface area contributed by atoms with Crippen molar-refractivity contribution in [1.29, 1.82) is 0 Å². The Kier molecular flexibility index (Phi) is 4.21. The van der Waals surface area contributed by atoms with Crippen LogP contribution < -0.4 is 9.64 Å². The summed E-state index contributed by atoms with van der Waals surface area (Å²) in [7, 11) is 0. The van der Waals surface area contributed by atoms with Crippen LogP contribution in [0, 0.1) is 16.0 Å². The first kappa shape index (κ1) is 13.6.